The van der Waals surface area contributed by atoms with Crippen LogP contribution < -0.4 is 0 Å². The number of hydrogen-bond acceptors (Lipinski definition) is 2. The lowest BCUT2D eigenvalue weighted by molar-refractivity contribution is -0.436. The highest BCUT2D eigenvalue weighted by molar-refractivity contribution is 6.06. The Morgan fingerprint density at radius 1 is 0.679 bits per heavy atom. The van der Waals surface area contributed by atoms with Crippen LogP contribution in [-0.4, -0.2) is 47.4 Å². The Bertz CT molecular complexity index is 635. The van der Waals surface area contributed by atoms with Crippen LogP contribution in [0.25, 0.3) is 0 Å². The summed E-state index contributed by atoms with van der Waals surface area (Å²) in [5.41, 5.74) is 0. The lowest BCUT2D eigenvalue weighted by atomic mass is 9.80. The van der Waals surface area contributed by atoms with E-state index in [0.717, 1.165) is 0 Å². The van der Waals surface area contributed by atoms with Gasteiger partial charge in [-0.05, 0) is 12.8 Å². The molecule has 0 bridgehead atoms. The summed E-state index contributed by atoms with van der Waals surface area (Å²) in [6.07, 6.45) is -9.16. The molecule has 0 N–H and O–H groups in total. The van der Waals surface area contributed by atoms with Gasteiger partial charge in [-0.25, -0.2) is 0 Å². The van der Waals surface area contributed by atoms with E-state index in [2.05, 4.69) is 0 Å². The molecular formula is C13H9F13O2. The summed E-state index contributed by atoms with van der Waals surface area (Å²) in [6, 6.07) is 0. The predicted molar refractivity (Wildman–Crippen MR) is 62.8 cm³/mol. The van der Waals surface area contributed by atoms with Crippen LogP contribution in [-0.2, 0) is 9.59 Å². The van der Waals surface area contributed by atoms with Gasteiger partial charge in [0.1, 0.15) is 5.78 Å². The number of alkyl halides is 13. The van der Waals surface area contributed by atoms with E-state index in [1.165, 1.54) is 0 Å². The quantitative estimate of drug-likeness (QED) is 0.425. The summed E-state index contributed by atoms with van der Waals surface area (Å²) in [4.78, 5) is 22.8. The number of ketones is 2. The van der Waals surface area contributed by atoms with Crippen molar-refractivity contribution in [2.45, 2.75) is 61.5 Å². The molecule has 0 aromatic carbocycles. The van der Waals surface area contributed by atoms with E-state index in [1.807, 2.05) is 0 Å². The van der Waals surface area contributed by atoms with Crippen LogP contribution in [0.3, 0.4) is 0 Å². The van der Waals surface area contributed by atoms with Crippen LogP contribution in [0.1, 0.15) is 25.7 Å². The zero-order chi connectivity index (χ0) is 22.6. The molecular weight excluding hydrogens is 435 g/mol. The second-order valence-electron chi connectivity index (χ2n) is 6.00. The molecule has 0 amide bonds. The van der Waals surface area contributed by atoms with Crippen LogP contribution in [0.15, 0.2) is 0 Å². The first-order chi connectivity index (χ1) is 12.2. The zero-order valence-electron chi connectivity index (χ0n) is 13.1. The molecule has 0 heterocycles. The summed E-state index contributed by atoms with van der Waals surface area (Å²) >= 11 is 0. The summed E-state index contributed by atoms with van der Waals surface area (Å²) in [7, 11) is 0. The maximum absolute atomic E-state index is 13.7. The molecule has 0 aliphatic heterocycles. The molecule has 28 heavy (non-hydrogen) atoms. The van der Waals surface area contributed by atoms with Crippen molar-refractivity contribution in [3.05, 3.63) is 0 Å². The first-order valence-corrected chi connectivity index (χ1v) is 7.20. The molecule has 0 aromatic rings. The van der Waals surface area contributed by atoms with Gasteiger partial charge < -0.3 is 0 Å². The maximum Gasteiger partial charge on any atom is 0.460 e. The van der Waals surface area contributed by atoms with Crippen LogP contribution >= 0.6 is 0 Å². The molecule has 0 unspecified atom stereocenters. The zero-order valence-corrected chi connectivity index (χ0v) is 13.1. The van der Waals surface area contributed by atoms with Gasteiger partial charge >= 0.3 is 35.8 Å². The topological polar surface area (TPSA) is 34.1 Å². The highest BCUT2D eigenvalue weighted by Crippen LogP contribution is 2.60. The second-order valence-corrected chi connectivity index (χ2v) is 6.00. The molecule has 0 saturated heterocycles. The van der Waals surface area contributed by atoms with Crippen molar-refractivity contribution < 1.29 is 66.7 Å². The number of hydrogen-bond donors (Lipinski definition) is 0. The van der Waals surface area contributed by atoms with Gasteiger partial charge in [0.15, 0.2) is 0 Å². The van der Waals surface area contributed by atoms with Gasteiger partial charge in [-0.2, -0.15) is 57.1 Å². The van der Waals surface area contributed by atoms with Gasteiger partial charge in [0.05, 0.1) is 5.92 Å². The minimum absolute atomic E-state index is 0.0105. The molecule has 2 nitrogen and oxygen atoms in total. The van der Waals surface area contributed by atoms with Crippen molar-refractivity contribution >= 4 is 11.6 Å². The van der Waals surface area contributed by atoms with Crippen LogP contribution in [0.4, 0.5) is 57.1 Å². The fourth-order valence-electron chi connectivity index (χ4n) is 2.40. The van der Waals surface area contributed by atoms with Crippen molar-refractivity contribution in [1.82, 2.24) is 0 Å². The average Bonchev–Trinajstić information content (AvgIpc) is 2.52. The second kappa shape index (κ2) is 6.75. The highest BCUT2D eigenvalue weighted by atomic mass is 19.4. The Labute approximate surface area is 147 Å². The van der Waals surface area contributed by atoms with Gasteiger partial charge in [-0.1, -0.05) is 6.42 Å². The van der Waals surface area contributed by atoms with Crippen LogP contribution in [0.2, 0.25) is 0 Å². The van der Waals surface area contributed by atoms with Crippen LogP contribution in [0, 0.1) is 5.92 Å². The first-order valence-electron chi connectivity index (χ1n) is 7.20. The summed E-state index contributed by atoms with van der Waals surface area (Å²) in [6.45, 7) is 0. The third-order valence-corrected chi connectivity index (χ3v) is 4.11. The highest BCUT2D eigenvalue weighted by Gasteiger charge is 2.91. The Balaban J connectivity index is 3.44. The van der Waals surface area contributed by atoms with Crippen molar-refractivity contribution in [2.24, 2.45) is 5.92 Å². The van der Waals surface area contributed by atoms with Gasteiger partial charge in [-0.3, -0.25) is 9.59 Å². The fraction of sp³-hybridized carbons (Fsp3) is 0.846. The Hall–Kier alpha value is -1.57. The molecule has 1 aliphatic rings. The van der Waals surface area contributed by atoms with E-state index in [0.29, 0.717) is 0 Å². The maximum atomic E-state index is 13.7. The van der Waals surface area contributed by atoms with Gasteiger partial charge in [0.25, 0.3) is 0 Å². The summed E-state index contributed by atoms with van der Waals surface area (Å²) < 4.78 is 168. The normalized spacial score (nSPS) is 21.0. The predicted octanol–water partition coefficient (Wildman–Crippen LogP) is 5.05. The molecule has 0 spiro atoms. The molecule has 0 radical (unpaired) electrons. The standard InChI is InChI=1S/C13H9F13O2/c14-8(15,7(28)5-3-1-2-4-6(5)27)9(16,17)10(18,19)11(20,21)12(22,23)13(24,25)26/h5H,1-4H2/t5-/m0/s1. The third kappa shape index (κ3) is 3.23. The average molecular weight is 444 g/mol. The molecule has 0 aromatic heterocycles. The van der Waals surface area contributed by atoms with E-state index in [-0.39, 0.29) is 12.8 Å². The van der Waals surface area contributed by atoms with Crippen molar-refractivity contribution in [2.75, 3.05) is 0 Å². The largest absolute Gasteiger partial charge is 0.460 e. The van der Waals surface area contributed by atoms with E-state index in [4.69, 9.17) is 0 Å². The molecule has 164 valence electrons. The number of carbonyl (C=O) groups is 2. The van der Waals surface area contributed by atoms with Gasteiger partial charge in [-0.15, -0.1) is 0 Å². The van der Waals surface area contributed by atoms with E-state index >= 15 is 0 Å². The Morgan fingerprint density at radius 3 is 1.50 bits per heavy atom. The number of halogens is 13. The molecule has 1 atom stereocenters. The van der Waals surface area contributed by atoms with Gasteiger partial charge in [0, 0.05) is 6.42 Å². The number of rotatable bonds is 6. The van der Waals surface area contributed by atoms with Crippen LogP contribution in [0.5, 0.6) is 0 Å². The molecule has 1 rings (SSSR count). The van der Waals surface area contributed by atoms with Crippen molar-refractivity contribution in [3.8, 4) is 0 Å². The lowest BCUT2D eigenvalue weighted by Gasteiger charge is -2.39. The van der Waals surface area contributed by atoms with Crippen molar-refractivity contribution in [1.29, 1.82) is 0 Å². The minimum atomic E-state index is -8.07. The molecule has 15 heteroatoms. The Morgan fingerprint density at radius 2 is 1.11 bits per heavy atom. The first kappa shape index (κ1) is 24.5. The SMILES string of the molecule is O=C1CCCC[C@@H]1C(=O)C(F)(F)C(F)(F)C(F)(F)C(F)(F)C(F)(F)C(F)(F)F. The fourth-order valence-corrected chi connectivity index (χ4v) is 2.40. The monoisotopic (exact) mass is 444 g/mol. The van der Waals surface area contributed by atoms with E-state index < -0.39 is 66.1 Å². The van der Waals surface area contributed by atoms with Gasteiger partial charge in [0.2, 0.25) is 5.78 Å². The third-order valence-electron chi connectivity index (χ3n) is 4.11. The summed E-state index contributed by atoms with van der Waals surface area (Å²) in [5, 5.41) is 0. The van der Waals surface area contributed by atoms with E-state index in [1.54, 1.807) is 0 Å². The lowest BCUT2D eigenvalue weighted by Crippen LogP contribution is -2.71. The minimum Gasteiger partial charge on any atom is -0.299 e. The van der Waals surface area contributed by atoms with Crippen molar-refractivity contribution in [3.63, 3.8) is 0 Å². The van der Waals surface area contributed by atoms with E-state index in [9.17, 15) is 66.7 Å². The number of carbonyl (C=O) groups excluding carboxylic acids is 2. The smallest absolute Gasteiger partial charge is 0.299 e. The molecule has 1 saturated carbocycles. The molecule has 1 aliphatic carbocycles. The summed E-state index contributed by atoms with van der Waals surface area (Å²) in [5.74, 6) is -45.8. The number of Topliss-reactive ketones (excluding diaryl/α,β-unsaturated/α-hetero) is 2. The molecule has 1 fully saturated rings. The Kier molecular flexibility index (Phi) is 5.90.